The van der Waals surface area contributed by atoms with E-state index in [1.165, 1.54) is 54.1 Å². The molecular formula is C51H33N5. The highest BCUT2D eigenvalue weighted by atomic mass is 15.1. The molecular weight excluding hydrogens is 683 g/mol. The first-order valence-corrected chi connectivity index (χ1v) is 18.8. The summed E-state index contributed by atoms with van der Waals surface area (Å²) in [5.41, 5.74) is 7.20. The smallest absolute Gasteiger partial charge is 0.163 e. The zero-order chi connectivity index (χ0) is 37.2. The number of benzene rings is 9. The minimum absolute atomic E-state index is 0.157. The Kier molecular flexibility index (Phi) is 7.25. The molecule has 0 aliphatic rings. The van der Waals surface area contributed by atoms with Crippen LogP contribution in [0.4, 0.5) is 0 Å². The van der Waals surface area contributed by atoms with E-state index in [9.17, 15) is 0 Å². The second-order valence-electron chi connectivity index (χ2n) is 14.1. The molecule has 56 heavy (non-hydrogen) atoms. The minimum Gasteiger partial charge on any atom is -0.309 e. The fourth-order valence-electron chi connectivity index (χ4n) is 8.73. The standard InChI is InChI=1S/C51H33N5/c52-50(33-18-4-1-5-19-33)54-51(34-20-6-2-7-21-34)53-32-55-42-30-16-14-28-40(42)47-45-37-25-11-10-24-36(37)44-41-29-15-17-31-43(41)56(35-22-8-3-9-23-35)49(44)46(45)38-26-12-13-27-39(38)48(47)55/h1-32,52H. The molecule has 5 nitrogen and oxygen atoms in total. The summed E-state index contributed by atoms with van der Waals surface area (Å²) < 4.78 is 4.69. The van der Waals surface area contributed by atoms with Gasteiger partial charge < -0.3 is 4.57 Å². The van der Waals surface area contributed by atoms with Crippen molar-refractivity contribution in [1.82, 2.24) is 9.13 Å². The van der Waals surface area contributed by atoms with Crippen LogP contribution in [0.1, 0.15) is 11.1 Å². The largest absolute Gasteiger partial charge is 0.309 e. The van der Waals surface area contributed by atoms with Gasteiger partial charge in [0, 0.05) is 54.5 Å². The molecule has 5 heteroatoms. The number of amidine groups is 2. The van der Waals surface area contributed by atoms with Crippen LogP contribution in [0.15, 0.2) is 198 Å². The van der Waals surface area contributed by atoms with E-state index in [0.29, 0.717) is 5.84 Å². The van der Waals surface area contributed by atoms with Crippen LogP contribution in [0.3, 0.4) is 0 Å². The number of aliphatic imine (C=N–C) groups is 2. The quantitative estimate of drug-likeness (QED) is 0.107. The minimum atomic E-state index is 0.157. The molecule has 0 atom stereocenters. The van der Waals surface area contributed by atoms with Crippen LogP contribution < -0.4 is 0 Å². The third-order valence-electron chi connectivity index (χ3n) is 11.0. The predicted octanol–water partition coefficient (Wildman–Crippen LogP) is 12.7. The lowest BCUT2D eigenvalue weighted by Gasteiger charge is -2.16. The van der Waals surface area contributed by atoms with Gasteiger partial charge in [0.15, 0.2) is 11.7 Å². The van der Waals surface area contributed by atoms with Gasteiger partial charge in [-0.2, -0.15) is 0 Å². The predicted molar refractivity (Wildman–Crippen MR) is 236 cm³/mol. The normalized spacial score (nSPS) is 12.4. The van der Waals surface area contributed by atoms with E-state index in [-0.39, 0.29) is 5.84 Å². The van der Waals surface area contributed by atoms with Crippen LogP contribution >= 0.6 is 0 Å². The summed E-state index contributed by atoms with van der Waals surface area (Å²) in [6.07, 6.45) is 1.90. The number of rotatable bonds is 4. The number of nitrogens with one attached hydrogen (secondary N) is 1. The van der Waals surface area contributed by atoms with Crippen LogP contribution in [-0.2, 0) is 0 Å². The van der Waals surface area contributed by atoms with Crippen LogP contribution in [0, 0.1) is 5.41 Å². The number of fused-ring (bicyclic) bond motifs is 15. The monoisotopic (exact) mass is 715 g/mol. The fraction of sp³-hybridized carbons (Fsp3) is 0. The maximum atomic E-state index is 8.92. The number of hydrogen-bond acceptors (Lipinski definition) is 1. The fourth-order valence-corrected chi connectivity index (χ4v) is 8.73. The highest BCUT2D eigenvalue weighted by molar-refractivity contribution is 6.45. The Labute approximate surface area is 322 Å². The van der Waals surface area contributed by atoms with E-state index in [1.54, 1.807) is 0 Å². The van der Waals surface area contributed by atoms with E-state index in [0.717, 1.165) is 38.6 Å². The molecule has 0 aliphatic heterocycles. The van der Waals surface area contributed by atoms with E-state index in [4.69, 9.17) is 15.4 Å². The average Bonchev–Trinajstić information content (AvgIpc) is 3.79. The molecule has 2 heterocycles. The van der Waals surface area contributed by atoms with Gasteiger partial charge >= 0.3 is 0 Å². The number of hydrogen-bond donors (Lipinski definition) is 1. The van der Waals surface area contributed by atoms with Crippen molar-refractivity contribution in [2.24, 2.45) is 9.98 Å². The molecule has 0 fully saturated rings. The lowest BCUT2D eigenvalue weighted by Crippen LogP contribution is -2.06. The Morgan fingerprint density at radius 3 is 1.54 bits per heavy atom. The average molecular weight is 716 g/mol. The van der Waals surface area contributed by atoms with Crippen molar-refractivity contribution >= 4 is 93.9 Å². The first-order valence-electron chi connectivity index (χ1n) is 18.8. The topological polar surface area (TPSA) is 58.4 Å². The molecule has 0 radical (unpaired) electrons. The van der Waals surface area contributed by atoms with E-state index in [1.807, 2.05) is 67.0 Å². The van der Waals surface area contributed by atoms with Gasteiger partial charge in [0.1, 0.15) is 6.34 Å². The van der Waals surface area contributed by atoms with Crippen molar-refractivity contribution in [3.63, 3.8) is 0 Å². The summed E-state index contributed by atoms with van der Waals surface area (Å²) in [5.74, 6) is 0.625. The zero-order valence-electron chi connectivity index (χ0n) is 30.3. The highest BCUT2D eigenvalue weighted by Crippen LogP contribution is 2.49. The van der Waals surface area contributed by atoms with E-state index >= 15 is 0 Å². The molecule has 2 aromatic heterocycles. The van der Waals surface area contributed by atoms with E-state index in [2.05, 4.69) is 137 Å². The number of aromatic nitrogens is 2. The van der Waals surface area contributed by atoms with Crippen molar-refractivity contribution in [3.8, 4) is 5.69 Å². The number of para-hydroxylation sites is 3. The van der Waals surface area contributed by atoms with Crippen molar-refractivity contribution in [2.75, 3.05) is 0 Å². The maximum Gasteiger partial charge on any atom is 0.163 e. The van der Waals surface area contributed by atoms with Crippen LogP contribution in [0.2, 0.25) is 0 Å². The van der Waals surface area contributed by atoms with Crippen molar-refractivity contribution < 1.29 is 0 Å². The van der Waals surface area contributed by atoms with Gasteiger partial charge in [-0.25, -0.2) is 9.98 Å². The Hall–Kier alpha value is -7.63. The molecule has 262 valence electrons. The first kappa shape index (κ1) is 31.9. The highest BCUT2D eigenvalue weighted by Gasteiger charge is 2.25. The summed E-state index contributed by atoms with van der Waals surface area (Å²) in [7, 11) is 0. The second-order valence-corrected chi connectivity index (χ2v) is 14.1. The third kappa shape index (κ3) is 4.78. The zero-order valence-corrected chi connectivity index (χ0v) is 30.3. The molecule has 1 N–H and O–H groups in total. The molecule has 9 aromatic carbocycles. The van der Waals surface area contributed by atoms with Gasteiger partial charge in [0.05, 0.1) is 22.1 Å². The molecule has 0 saturated heterocycles. The summed E-state index contributed by atoms with van der Waals surface area (Å²) in [6, 6.07) is 65.4. The summed E-state index contributed by atoms with van der Waals surface area (Å²) >= 11 is 0. The van der Waals surface area contributed by atoms with Crippen molar-refractivity contribution in [2.45, 2.75) is 0 Å². The summed E-state index contributed by atoms with van der Waals surface area (Å²) in [6.45, 7) is 0. The van der Waals surface area contributed by atoms with Crippen LogP contribution in [0.5, 0.6) is 0 Å². The summed E-state index contributed by atoms with van der Waals surface area (Å²) in [4.78, 5) is 9.94. The van der Waals surface area contributed by atoms with Gasteiger partial charge in [0.25, 0.3) is 0 Å². The Bertz CT molecular complexity index is 3410. The van der Waals surface area contributed by atoms with Crippen molar-refractivity contribution in [3.05, 3.63) is 199 Å². The first-order chi connectivity index (χ1) is 27.8. The van der Waals surface area contributed by atoms with Gasteiger partial charge in [0.2, 0.25) is 0 Å². The molecule has 0 unspecified atom stereocenters. The van der Waals surface area contributed by atoms with Crippen LogP contribution in [0.25, 0.3) is 81.6 Å². The van der Waals surface area contributed by atoms with Crippen LogP contribution in [-0.4, -0.2) is 27.1 Å². The maximum absolute atomic E-state index is 8.92. The third-order valence-corrected chi connectivity index (χ3v) is 11.0. The second kappa shape index (κ2) is 12.8. The molecule has 0 saturated carbocycles. The Morgan fingerprint density at radius 2 is 0.875 bits per heavy atom. The Balaban J connectivity index is 1.31. The molecule has 0 aliphatic carbocycles. The molecule has 0 spiro atoms. The molecule has 0 bridgehead atoms. The molecule has 11 rings (SSSR count). The number of nitrogens with zero attached hydrogens (tertiary/aromatic N) is 4. The lowest BCUT2D eigenvalue weighted by molar-refractivity contribution is 1.19. The van der Waals surface area contributed by atoms with Gasteiger partial charge in [-0.15, -0.1) is 0 Å². The van der Waals surface area contributed by atoms with Crippen molar-refractivity contribution in [1.29, 1.82) is 5.41 Å². The lowest BCUT2D eigenvalue weighted by atomic mass is 9.90. The molecule has 0 amide bonds. The van der Waals surface area contributed by atoms with Gasteiger partial charge in [-0.05, 0) is 40.4 Å². The Morgan fingerprint density at radius 1 is 0.411 bits per heavy atom. The molecule has 11 aromatic rings. The van der Waals surface area contributed by atoms with E-state index < -0.39 is 0 Å². The van der Waals surface area contributed by atoms with Gasteiger partial charge in [-0.1, -0.05) is 164 Å². The van der Waals surface area contributed by atoms with Gasteiger partial charge in [-0.3, -0.25) is 9.98 Å². The summed E-state index contributed by atoms with van der Waals surface area (Å²) in [5, 5.41) is 20.9. The SMILES string of the molecule is N=C(N=C(N=Cn1c2ccccc2c2c3c4ccccc4c4c5ccccc5n(-c5ccccc5)c4c3c3ccccc3c21)c1ccccc1)c1ccccc1.